The number of methoxy groups -OCH3 is 1. The maximum absolute atomic E-state index is 12.8. The molecule has 1 aliphatic rings. The third kappa shape index (κ3) is 6.06. The van der Waals surface area contributed by atoms with Crippen molar-refractivity contribution < 1.29 is 14.3 Å². The summed E-state index contributed by atoms with van der Waals surface area (Å²) in [6.45, 7) is 8.36. The molecule has 1 saturated heterocycles. The minimum absolute atomic E-state index is 0.246. The van der Waals surface area contributed by atoms with Gasteiger partial charge in [-0.3, -0.25) is 0 Å². The van der Waals surface area contributed by atoms with Gasteiger partial charge in [-0.2, -0.15) is 4.98 Å². The molecule has 3 N–H and O–H groups in total. The van der Waals surface area contributed by atoms with Crippen LogP contribution in [0.25, 0.3) is 11.0 Å². The van der Waals surface area contributed by atoms with Crippen LogP contribution < -0.4 is 20.3 Å². The molecule has 1 fully saturated rings. The number of likely N-dealkylation sites (N-methyl/N-ethyl adjacent to an activating group) is 1. The lowest BCUT2D eigenvalue weighted by molar-refractivity contribution is 0.0460. The van der Waals surface area contributed by atoms with Gasteiger partial charge in [0.25, 0.3) is 0 Å². The molecule has 0 amide bonds. The van der Waals surface area contributed by atoms with E-state index in [9.17, 15) is 4.79 Å². The fourth-order valence-corrected chi connectivity index (χ4v) is 4.47. The van der Waals surface area contributed by atoms with Gasteiger partial charge in [-0.15, -0.1) is 0 Å². The molecular formula is C29H35N7O3. The van der Waals surface area contributed by atoms with Crippen molar-refractivity contribution >= 4 is 45.8 Å². The van der Waals surface area contributed by atoms with Crippen LogP contribution >= 0.6 is 0 Å². The number of para-hydroxylation sites is 1. The van der Waals surface area contributed by atoms with Crippen LogP contribution in [-0.4, -0.2) is 72.8 Å². The highest BCUT2D eigenvalue weighted by Crippen LogP contribution is 2.33. The lowest BCUT2D eigenvalue weighted by atomic mass is 10.1. The summed E-state index contributed by atoms with van der Waals surface area (Å²) in [6, 6.07) is 15.2. The van der Waals surface area contributed by atoms with Crippen molar-refractivity contribution in [3.63, 3.8) is 0 Å². The van der Waals surface area contributed by atoms with Gasteiger partial charge in [0, 0.05) is 44.1 Å². The Morgan fingerprint density at radius 2 is 1.82 bits per heavy atom. The number of aromatic nitrogens is 3. The summed E-state index contributed by atoms with van der Waals surface area (Å²) in [6.07, 6.45) is 1.81. The van der Waals surface area contributed by atoms with E-state index in [1.807, 2.05) is 56.4 Å². The Morgan fingerprint density at radius 1 is 1.03 bits per heavy atom. The number of hydrogen-bond acceptors (Lipinski definition) is 9. The van der Waals surface area contributed by atoms with E-state index in [0.717, 1.165) is 48.6 Å². The van der Waals surface area contributed by atoms with Crippen molar-refractivity contribution in [2.45, 2.75) is 13.8 Å². The molecule has 0 bridgehead atoms. The zero-order chi connectivity index (χ0) is 27.4. The Bertz CT molecular complexity index is 1440. The first kappa shape index (κ1) is 26.3. The van der Waals surface area contributed by atoms with E-state index in [4.69, 9.17) is 14.5 Å². The summed E-state index contributed by atoms with van der Waals surface area (Å²) < 4.78 is 11.2. The lowest BCUT2D eigenvalue weighted by Crippen LogP contribution is -2.44. The van der Waals surface area contributed by atoms with E-state index in [1.54, 1.807) is 13.2 Å². The van der Waals surface area contributed by atoms with Gasteiger partial charge in [0.05, 0.1) is 36.2 Å². The van der Waals surface area contributed by atoms with E-state index in [1.165, 1.54) is 0 Å². The summed E-state index contributed by atoms with van der Waals surface area (Å²) in [7, 11) is 3.80. The average molecular weight is 530 g/mol. The summed E-state index contributed by atoms with van der Waals surface area (Å²) in [4.78, 5) is 30.1. The van der Waals surface area contributed by atoms with Gasteiger partial charge >= 0.3 is 5.97 Å². The number of esters is 1. The van der Waals surface area contributed by atoms with E-state index in [-0.39, 0.29) is 11.9 Å². The summed E-state index contributed by atoms with van der Waals surface area (Å²) in [5.74, 6) is 1.50. The topological polar surface area (TPSA) is 108 Å². The Kier molecular flexibility index (Phi) is 7.83. The van der Waals surface area contributed by atoms with E-state index in [2.05, 4.69) is 43.5 Å². The number of piperazine rings is 1. The molecule has 10 heteroatoms. The number of H-pyrrole nitrogens is 1. The molecule has 5 rings (SSSR count). The fraction of sp³-hybridized carbons (Fsp3) is 0.345. The molecule has 0 radical (unpaired) electrons. The van der Waals surface area contributed by atoms with Crippen molar-refractivity contribution in [3.05, 3.63) is 60.3 Å². The zero-order valence-electron chi connectivity index (χ0n) is 22.8. The summed E-state index contributed by atoms with van der Waals surface area (Å²) in [5.41, 5.74) is 4.36. The lowest BCUT2D eigenvalue weighted by Gasteiger charge is -2.34. The normalized spacial score (nSPS) is 14.0. The van der Waals surface area contributed by atoms with Crippen LogP contribution in [0.2, 0.25) is 0 Å². The van der Waals surface area contributed by atoms with Gasteiger partial charge in [-0.25, -0.2) is 9.78 Å². The maximum atomic E-state index is 12.8. The number of anilines is 5. The van der Waals surface area contributed by atoms with Gasteiger partial charge < -0.3 is 34.9 Å². The minimum Gasteiger partial charge on any atom is -0.494 e. The monoisotopic (exact) mass is 529 g/mol. The van der Waals surface area contributed by atoms with Gasteiger partial charge in [-0.05, 0) is 43.3 Å². The Labute approximate surface area is 228 Å². The molecule has 2 aromatic carbocycles. The SMILES string of the molecule is COc1cc(N2CCN(C)CC2)ccc1Nc1nc(Nc2ccccc2C(=O)OCC(C)C)c2[nH]ccc2n1. The first-order chi connectivity index (χ1) is 18.9. The van der Waals surface area contributed by atoms with Crippen molar-refractivity contribution in [2.24, 2.45) is 5.92 Å². The molecule has 0 saturated carbocycles. The third-order valence-electron chi connectivity index (χ3n) is 6.65. The number of hydrogen-bond donors (Lipinski definition) is 3. The second kappa shape index (κ2) is 11.6. The van der Waals surface area contributed by atoms with Crippen molar-refractivity contribution in [3.8, 4) is 5.75 Å². The Hall–Kier alpha value is -4.31. The van der Waals surface area contributed by atoms with Crippen molar-refractivity contribution in [2.75, 3.05) is 62.5 Å². The second-order valence-corrected chi connectivity index (χ2v) is 10.1. The summed E-state index contributed by atoms with van der Waals surface area (Å²) in [5, 5.41) is 6.63. The van der Waals surface area contributed by atoms with Crippen LogP contribution in [-0.2, 0) is 4.74 Å². The van der Waals surface area contributed by atoms with Crippen molar-refractivity contribution in [1.82, 2.24) is 19.9 Å². The standard InChI is InChI=1S/C29H35N7O3/c1-19(2)18-39-28(37)21-7-5-6-8-22(21)31-27-26-24(11-12-30-26)33-29(34-27)32-23-10-9-20(17-25(23)38-4)36-15-13-35(3)14-16-36/h5-12,17,19,30H,13-16,18H2,1-4H3,(H2,31,32,33,34). The minimum atomic E-state index is -0.382. The molecule has 4 aromatic rings. The van der Waals surface area contributed by atoms with E-state index >= 15 is 0 Å². The molecule has 0 aliphatic carbocycles. The zero-order valence-corrected chi connectivity index (χ0v) is 22.8. The second-order valence-electron chi connectivity index (χ2n) is 10.1. The number of rotatable bonds is 9. The van der Waals surface area contributed by atoms with Crippen LogP contribution in [0.3, 0.4) is 0 Å². The van der Waals surface area contributed by atoms with Gasteiger partial charge in [0.1, 0.15) is 11.3 Å². The molecular weight excluding hydrogens is 494 g/mol. The number of nitrogens with zero attached hydrogens (tertiary/aromatic N) is 4. The van der Waals surface area contributed by atoms with Gasteiger partial charge in [-0.1, -0.05) is 26.0 Å². The Balaban J connectivity index is 1.41. The van der Waals surface area contributed by atoms with Crippen molar-refractivity contribution in [1.29, 1.82) is 0 Å². The highest BCUT2D eigenvalue weighted by Gasteiger charge is 2.18. The van der Waals surface area contributed by atoms with Gasteiger partial charge in [0.2, 0.25) is 5.95 Å². The first-order valence-electron chi connectivity index (χ1n) is 13.2. The molecule has 10 nitrogen and oxygen atoms in total. The number of benzene rings is 2. The van der Waals surface area contributed by atoms with Gasteiger partial charge in [0.15, 0.2) is 5.82 Å². The highest BCUT2D eigenvalue weighted by atomic mass is 16.5. The quantitative estimate of drug-likeness (QED) is 0.258. The molecule has 204 valence electrons. The molecule has 3 heterocycles. The van der Waals surface area contributed by atoms with Crippen LogP contribution in [0.4, 0.5) is 28.8 Å². The number of carbonyl (C=O) groups excluding carboxylic acids is 1. The predicted molar refractivity (Wildman–Crippen MR) is 155 cm³/mol. The maximum Gasteiger partial charge on any atom is 0.340 e. The number of carbonyl (C=O) groups is 1. The molecule has 0 spiro atoms. The Morgan fingerprint density at radius 3 is 2.59 bits per heavy atom. The predicted octanol–water partition coefficient (Wildman–Crippen LogP) is 5.02. The molecule has 1 aliphatic heterocycles. The number of fused-ring (bicyclic) bond motifs is 1. The highest BCUT2D eigenvalue weighted by molar-refractivity contribution is 5.98. The largest absolute Gasteiger partial charge is 0.494 e. The molecule has 39 heavy (non-hydrogen) atoms. The first-order valence-corrected chi connectivity index (χ1v) is 13.2. The third-order valence-corrected chi connectivity index (χ3v) is 6.65. The van der Waals surface area contributed by atoms with Crippen LogP contribution in [0.15, 0.2) is 54.7 Å². The van der Waals surface area contributed by atoms with E-state index < -0.39 is 0 Å². The molecule has 0 unspecified atom stereocenters. The van der Waals surface area contributed by atoms with Crippen LogP contribution in [0.5, 0.6) is 5.75 Å². The summed E-state index contributed by atoms with van der Waals surface area (Å²) >= 11 is 0. The van der Waals surface area contributed by atoms with Crippen LogP contribution in [0.1, 0.15) is 24.2 Å². The smallest absolute Gasteiger partial charge is 0.340 e. The molecule has 2 aromatic heterocycles. The van der Waals surface area contributed by atoms with E-state index in [0.29, 0.717) is 35.4 Å². The van der Waals surface area contributed by atoms with Crippen LogP contribution in [0, 0.1) is 5.92 Å². The average Bonchev–Trinajstić information content (AvgIpc) is 3.42. The number of ether oxygens (including phenoxy) is 2. The number of aromatic amines is 1. The fourth-order valence-electron chi connectivity index (χ4n) is 4.47. The number of nitrogens with one attached hydrogen (secondary N) is 3. The molecule has 0 atom stereocenters.